The summed E-state index contributed by atoms with van der Waals surface area (Å²) >= 11 is 0. The van der Waals surface area contributed by atoms with Crippen LogP contribution in [0.2, 0.25) is 0 Å². The van der Waals surface area contributed by atoms with Gasteiger partial charge in [0, 0.05) is 18.8 Å². The smallest absolute Gasteiger partial charge is 0.220 e. The molecule has 0 saturated heterocycles. The number of aliphatic hydroxyl groups excluding tert-OH is 5. The molecule has 0 heterocycles. The van der Waals surface area contributed by atoms with Crippen LogP contribution in [-0.4, -0.2) is 69.0 Å². The van der Waals surface area contributed by atoms with Gasteiger partial charge < -0.3 is 30.8 Å². The molecular weight excluding hydrogens is 422 g/mol. The Labute approximate surface area is 196 Å². The number of rotatable bonds is 14. The number of amides is 1. The Bertz CT molecular complexity index is 734. The van der Waals surface area contributed by atoms with Crippen molar-refractivity contribution in [3.05, 3.63) is 60.2 Å². The summed E-state index contributed by atoms with van der Waals surface area (Å²) < 4.78 is 0. The minimum Gasteiger partial charge on any atom is -0.394 e. The van der Waals surface area contributed by atoms with Gasteiger partial charge in [0.2, 0.25) is 5.91 Å². The van der Waals surface area contributed by atoms with Crippen LogP contribution in [0.1, 0.15) is 44.1 Å². The maximum atomic E-state index is 11.7. The van der Waals surface area contributed by atoms with Crippen LogP contribution in [0.5, 0.6) is 0 Å². The van der Waals surface area contributed by atoms with Gasteiger partial charge in [-0.1, -0.05) is 54.6 Å². The first-order chi connectivity index (χ1) is 15.9. The molecular formula is C26H39NO6. The Kier molecular flexibility index (Phi) is 12.4. The molecule has 0 radical (unpaired) electrons. The highest BCUT2D eigenvalue weighted by atomic mass is 16.3. The zero-order chi connectivity index (χ0) is 24.1. The van der Waals surface area contributed by atoms with Crippen molar-refractivity contribution < 1.29 is 30.3 Å². The Morgan fingerprint density at radius 2 is 1.82 bits per heavy atom. The summed E-state index contributed by atoms with van der Waals surface area (Å²) in [6, 6.07) is 9.36. The normalized spacial score (nSPS) is 24.2. The van der Waals surface area contributed by atoms with Gasteiger partial charge in [-0.25, -0.2) is 0 Å². The van der Waals surface area contributed by atoms with Crippen LogP contribution < -0.4 is 5.32 Å². The summed E-state index contributed by atoms with van der Waals surface area (Å²) in [5.41, 5.74) is 1.17. The number of benzene rings is 1. The zero-order valence-electron chi connectivity index (χ0n) is 19.2. The van der Waals surface area contributed by atoms with Gasteiger partial charge in [-0.2, -0.15) is 0 Å². The maximum absolute atomic E-state index is 11.7. The molecule has 1 fully saturated rings. The number of allylic oxidation sites excluding steroid dienone is 2. The van der Waals surface area contributed by atoms with Crippen LogP contribution in [0.25, 0.3) is 0 Å². The lowest BCUT2D eigenvalue weighted by Gasteiger charge is -2.19. The van der Waals surface area contributed by atoms with E-state index < -0.39 is 24.4 Å². The highest BCUT2D eigenvalue weighted by molar-refractivity contribution is 5.76. The number of nitrogens with one attached hydrogen (secondary N) is 1. The largest absolute Gasteiger partial charge is 0.394 e. The molecule has 1 aliphatic rings. The van der Waals surface area contributed by atoms with Crippen LogP contribution >= 0.6 is 0 Å². The molecule has 7 nitrogen and oxygen atoms in total. The van der Waals surface area contributed by atoms with Gasteiger partial charge in [0.1, 0.15) is 0 Å². The van der Waals surface area contributed by atoms with Crippen molar-refractivity contribution in [1.82, 2.24) is 5.32 Å². The van der Waals surface area contributed by atoms with E-state index in [1.165, 1.54) is 5.56 Å². The summed E-state index contributed by atoms with van der Waals surface area (Å²) in [5.74, 6) is -0.537. The molecule has 1 amide bonds. The van der Waals surface area contributed by atoms with Gasteiger partial charge in [0.15, 0.2) is 0 Å². The van der Waals surface area contributed by atoms with E-state index in [0.717, 1.165) is 6.42 Å². The third-order valence-corrected chi connectivity index (χ3v) is 6.20. The quantitative estimate of drug-likeness (QED) is 0.184. The molecule has 6 N–H and O–H groups in total. The molecule has 0 unspecified atom stereocenters. The summed E-state index contributed by atoms with van der Waals surface area (Å²) in [6.45, 7) is -0.589. The number of carbonyl (C=O) groups excluding carboxylic acids is 1. The lowest BCUT2D eigenvalue weighted by atomic mass is 9.89. The third-order valence-electron chi connectivity index (χ3n) is 6.20. The van der Waals surface area contributed by atoms with Crippen LogP contribution in [0.3, 0.4) is 0 Å². The van der Waals surface area contributed by atoms with E-state index in [2.05, 4.69) is 5.32 Å². The molecule has 1 aliphatic carbocycles. The summed E-state index contributed by atoms with van der Waals surface area (Å²) in [5, 5.41) is 51.6. The second-order valence-corrected chi connectivity index (χ2v) is 8.82. The van der Waals surface area contributed by atoms with Crippen molar-refractivity contribution in [3.63, 3.8) is 0 Å². The highest BCUT2D eigenvalue weighted by Gasteiger charge is 2.39. The minimum atomic E-state index is -0.634. The molecule has 7 heteroatoms. The Morgan fingerprint density at radius 1 is 1.09 bits per heavy atom. The Balaban J connectivity index is 1.74. The summed E-state index contributed by atoms with van der Waals surface area (Å²) in [4.78, 5) is 11.7. The summed E-state index contributed by atoms with van der Waals surface area (Å²) in [6.07, 6.45) is 9.62. The standard InChI is InChI=1S/C26H39NO6/c28-17-20(18-29)27-26(33)11-7-2-1-6-10-22-23(25(32)16-24(22)31)15-14-21(30)13-12-19-8-4-3-5-9-19/h1,3-6,8-9,14-15,20-25,28-32H,2,7,10-13,16-18H2,(H,27,33)/b6-1-,15-14+/t21-,22+,23+,24+,25+/m0/s1. The number of carbonyl (C=O) groups is 1. The van der Waals surface area contributed by atoms with Crippen LogP contribution in [-0.2, 0) is 11.2 Å². The number of unbranched alkanes of at least 4 members (excludes halogenated alkanes) is 1. The molecule has 1 saturated carbocycles. The third kappa shape index (κ3) is 9.78. The predicted octanol–water partition coefficient (Wildman–Crippen LogP) is 1.48. The minimum absolute atomic E-state index is 0.119. The van der Waals surface area contributed by atoms with Gasteiger partial charge in [0.05, 0.1) is 37.6 Å². The van der Waals surface area contributed by atoms with Crippen molar-refractivity contribution in [2.75, 3.05) is 13.2 Å². The van der Waals surface area contributed by atoms with Gasteiger partial charge in [-0.15, -0.1) is 0 Å². The average Bonchev–Trinajstić information content (AvgIpc) is 3.09. The first kappa shape index (κ1) is 27.2. The fraction of sp³-hybridized carbons (Fsp3) is 0.577. The molecule has 33 heavy (non-hydrogen) atoms. The van der Waals surface area contributed by atoms with Crippen molar-refractivity contribution in [1.29, 1.82) is 0 Å². The molecule has 0 spiro atoms. The number of hydrogen-bond acceptors (Lipinski definition) is 6. The number of aryl methyl sites for hydroxylation is 1. The molecule has 184 valence electrons. The average molecular weight is 462 g/mol. The maximum Gasteiger partial charge on any atom is 0.220 e. The number of aliphatic hydroxyl groups is 5. The van der Waals surface area contributed by atoms with Crippen LogP contribution in [0.4, 0.5) is 0 Å². The molecule has 1 aromatic carbocycles. The molecule has 2 rings (SSSR count). The van der Waals surface area contributed by atoms with Crippen molar-refractivity contribution in [3.8, 4) is 0 Å². The summed E-state index contributed by atoms with van der Waals surface area (Å²) in [7, 11) is 0. The predicted molar refractivity (Wildman–Crippen MR) is 127 cm³/mol. The van der Waals surface area contributed by atoms with Gasteiger partial charge in [-0.3, -0.25) is 4.79 Å². The molecule has 0 aromatic heterocycles. The van der Waals surface area contributed by atoms with Gasteiger partial charge in [-0.05, 0) is 43.6 Å². The van der Waals surface area contributed by atoms with E-state index in [4.69, 9.17) is 10.2 Å². The van der Waals surface area contributed by atoms with E-state index in [1.807, 2.05) is 48.6 Å². The zero-order valence-corrected chi connectivity index (χ0v) is 19.2. The highest BCUT2D eigenvalue weighted by Crippen LogP contribution is 2.36. The van der Waals surface area contributed by atoms with E-state index in [-0.39, 0.29) is 31.0 Å². The second-order valence-electron chi connectivity index (χ2n) is 8.82. The molecule has 1 aromatic rings. The molecule has 5 atom stereocenters. The lowest BCUT2D eigenvalue weighted by Crippen LogP contribution is -2.39. The Morgan fingerprint density at radius 3 is 2.52 bits per heavy atom. The lowest BCUT2D eigenvalue weighted by molar-refractivity contribution is -0.122. The fourth-order valence-electron chi connectivity index (χ4n) is 4.22. The van der Waals surface area contributed by atoms with E-state index in [1.54, 1.807) is 6.08 Å². The first-order valence-corrected chi connectivity index (χ1v) is 11.9. The second kappa shape index (κ2) is 15.0. The topological polar surface area (TPSA) is 130 Å². The van der Waals surface area contributed by atoms with Crippen molar-refractivity contribution >= 4 is 5.91 Å². The molecule has 0 aliphatic heterocycles. The van der Waals surface area contributed by atoms with Crippen molar-refractivity contribution in [2.45, 2.75) is 69.3 Å². The number of hydrogen-bond donors (Lipinski definition) is 6. The van der Waals surface area contributed by atoms with Gasteiger partial charge in [0.25, 0.3) is 0 Å². The Hall–Kier alpha value is -2.03. The monoisotopic (exact) mass is 461 g/mol. The molecule has 0 bridgehead atoms. The van der Waals surface area contributed by atoms with E-state index >= 15 is 0 Å². The van der Waals surface area contributed by atoms with E-state index in [0.29, 0.717) is 38.5 Å². The van der Waals surface area contributed by atoms with Crippen LogP contribution in [0, 0.1) is 11.8 Å². The first-order valence-electron chi connectivity index (χ1n) is 11.9. The van der Waals surface area contributed by atoms with Crippen LogP contribution in [0.15, 0.2) is 54.6 Å². The van der Waals surface area contributed by atoms with E-state index in [9.17, 15) is 20.1 Å². The van der Waals surface area contributed by atoms with Gasteiger partial charge >= 0.3 is 0 Å². The SMILES string of the molecule is O=C(CCC/C=C\C[C@@H]1[C@@H](/C=C/[C@@H](O)CCc2ccccc2)[C@H](O)C[C@H]1O)NC(CO)CO. The van der Waals surface area contributed by atoms with Crippen molar-refractivity contribution in [2.24, 2.45) is 11.8 Å². The fourth-order valence-corrected chi connectivity index (χ4v) is 4.22.